The van der Waals surface area contributed by atoms with Crippen molar-refractivity contribution < 1.29 is 10.1 Å². The maximum absolute atomic E-state index is 11.2. The van der Waals surface area contributed by atoms with Crippen molar-refractivity contribution in [2.24, 2.45) is 7.05 Å². The lowest BCUT2D eigenvalue weighted by Crippen LogP contribution is -2.04. The van der Waals surface area contributed by atoms with Crippen molar-refractivity contribution in [1.29, 1.82) is 0 Å². The highest BCUT2D eigenvalue weighted by atomic mass is 79.9. The zero-order valence-electron chi connectivity index (χ0n) is 14.7. The number of nitrogens with zero attached hydrogens (tertiary/aromatic N) is 5. The number of imidazole rings is 2. The predicted molar refractivity (Wildman–Crippen MR) is 107 cm³/mol. The average Bonchev–Trinajstić information content (AvgIpc) is 3.23. The Kier molecular flexibility index (Phi) is 4.44. The van der Waals surface area contributed by atoms with Crippen molar-refractivity contribution in [3.8, 4) is 34.2 Å². The van der Waals surface area contributed by atoms with Crippen molar-refractivity contribution in [2.45, 2.75) is 0 Å². The van der Waals surface area contributed by atoms with Crippen LogP contribution in [0.4, 0.5) is 5.82 Å². The molecule has 0 atom stereocenters. The zero-order chi connectivity index (χ0) is 19.8. The van der Waals surface area contributed by atoms with Crippen LogP contribution in [0.1, 0.15) is 0 Å². The summed E-state index contributed by atoms with van der Waals surface area (Å²) in [5.74, 6) is 0.372. The quantitative estimate of drug-likeness (QED) is 0.286. The molecule has 0 unspecified atom stereocenters. The van der Waals surface area contributed by atoms with Gasteiger partial charge in [-0.05, 0) is 17.1 Å². The molecule has 0 amide bonds. The fourth-order valence-electron chi connectivity index (χ4n) is 2.99. The number of halogens is 1. The van der Waals surface area contributed by atoms with E-state index >= 15 is 0 Å². The first kappa shape index (κ1) is 17.9. The van der Waals surface area contributed by atoms with Crippen LogP contribution < -0.4 is 0 Å². The molecule has 2 aromatic carbocycles. The molecule has 28 heavy (non-hydrogen) atoms. The maximum Gasteiger partial charge on any atom is 0.342 e. The van der Waals surface area contributed by atoms with Gasteiger partial charge in [0.1, 0.15) is 11.9 Å². The fourth-order valence-corrected chi connectivity index (χ4v) is 3.25. The summed E-state index contributed by atoms with van der Waals surface area (Å²) < 4.78 is 3.15. The molecule has 0 aliphatic heterocycles. The number of hydrogen-bond acceptors (Lipinski definition) is 5. The van der Waals surface area contributed by atoms with Crippen molar-refractivity contribution in [3.05, 3.63) is 75.4 Å². The third-order valence-corrected chi connectivity index (χ3v) is 4.90. The molecule has 0 bridgehead atoms. The van der Waals surface area contributed by atoms with E-state index in [0.29, 0.717) is 17.1 Å². The summed E-state index contributed by atoms with van der Waals surface area (Å²) in [4.78, 5) is 19.5. The molecule has 0 aliphatic carbocycles. The summed E-state index contributed by atoms with van der Waals surface area (Å²) in [6.45, 7) is 0. The zero-order valence-corrected chi connectivity index (χ0v) is 16.2. The first-order valence-electron chi connectivity index (χ1n) is 8.27. The van der Waals surface area contributed by atoms with Gasteiger partial charge >= 0.3 is 5.82 Å². The van der Waals surface area contributed by atoms with Crippen molar-refractivity contribution in [1.82, 2.24) is 19.3 Å². The molecule has 4 aromatic rings. The molecule has 8 nitrogen and oxygen atoms in total. The molecule has 4 rings (SSSR count). The van der Waals surface area contributed by atoms with Crippen molar-refractivity contribution in [3.63, 3.8) is 0 Å². The van der Waals surface area contributed by atoms with E-state index in [1.807, 2.05) is 54.6 Å². The van der Waals surface area contributed by atoms with E-state index in [4.69, 9.17) is 0 Å². The highest BCUT2D eigenvalue weighted by molar-refractivity contribution is 9.10. The highest BCUT2D eigenvalue weighted by Gasteiger charge is 2.28. The molecule has 0 fully saturated rings. The lowest BCUT2D eigenvalue weighted by atomic mass is 10.1. The number of benzene rings is 2. The topological polar surface area (TPSA) is 99.0 Å². The first-order chi connectivity index (χ1) is 13.5. The van der Waals surface area contributed by atoms with Gasteiger partial charge in [0, 0.05) is 15.6 Å². The molecule has 0 saturated carbocycles. The lowest BCUT2D eigenvalue weighted by molar-refractivity contribution is -0.391. The van der Waals surface area contributed by atoms with Gasteiger partial charge in [-0.3, -0.25) is 0 Å². The summed E-state index contributed by atoms with van der Waals surface area (Å²) in [6.07, 6.45) is 1.16. The molecule has 0 radical (unpaired) electrons. The molecule has 0 saturated heterocycles. The minimum Gasteiger partial charge on any atom is -0.426 e. The average molecular weight is 440 g/mol. The van der Waals surface area contributed by atoms with Crippen LogP contribution in [0, 0.1) is 10.1 Å². The van der Waals surface area contributed by atoms with Gasteiger partial charge in [-0.25, -0.2) is 14.5 Å². The van der Waals surface area contributed by atoms with E-state index in [-0.39, 0.29) is 17.3 Å². The Morgan fingerprint density at radius 2 is 1.71 bits per heavy atom. The SMILES string of the molecule is Cn1c([N+](=O)[O-])cnc1-c1c(-c2ccccc2)nc(-c2ccc(Br)cc2)n1O. The third-order valence-electron chi connectivity index (χ3n) is 4.37. The molecule has 9 heteroatoms. The Labute approximate surface area is 168 Å². The molecule has 2 heterocycles. The van der Waals surface area contributed by atoms with E-state index in [1.165, 1.54) is 11.6 Å². The Balaban J connectivity index is 1.99. The summed E-state index contributed by atoms with van der Waals surface area (Å²) in [7, 11) is 1.53. The van der Waals surface area contributed by atoms with Gasteiger partial charge in [0.25, 0.3) is 5.82 Å². The smallest absolute Gasteiger partial charge is 0.342 e. The molecule has 0 aliphatic rings. The first-order valence-corrected chi connectivity index (χ1v) is 9.06. The van der Waals surface area contributed by atoms with Crippen LogP contribution in [-0.4, -0.2) is 29.4 Å². The Morgan fingerprint density at radius 3 is 2.32 bits per heavy atom. The third kappa shape index (κ3) is 2.95. The van der Waals surface area contributed by atoms with Crippen LogP contribution in [0.25, 0.3) is 34.2 Å². The second-order valence-electron chi connectivity index (χ2n) is 6.07. The van der Waals surface area contributed by atoms with Crippen LogP contribution in [0.2, 0.25) is 0 Å². The number of aromatic nitrogens is 4. The Morgan fingerprint density at radius 1 is 1.04 bits per heavy atom. The molecule has 2 aromatic heterocycles. The second kappa shape index (κ2) is 6.93. The summed E-state index contributed by atoms with van der Waals surface area (Å²) in [6, 6.07) is 16.6. The van der Waals surface area contributed by atoms with E-state index in [9.17, 15) is 15.3 Å². The monoisotopic (exact) mass is 439 g/mol. The van der Waals surface area contributed by atoms with Crippen LogP contribution in [-0.2, 0) is 7.05 Å². The standard InChI is InChI=1S/C19H14BrN5O3/c1-23-15(25(27)28)11-21-19(23)17-16(12-5-3-2-4-6-12)22-18(24(17)26)13-7-9-14(20)10-8-13/h2-11,26H,1H3. The minimum atomic E-state index is -0.521. The van der Waals surface area contributed by atoms with Gasteiger partial charge in [-0.2, -0.15) is 4.73 Å². The van der Waals surface area contributed by atoms with Gasteiger partial charge in [0.15, 0.2) is 11.5 Å². The molecular formula is C19H14BrN5O3. The predicted octanol–water partition coefficient (Wildman–Crippen LogP) is 4.53. The van der Waals surface area contributed by atoms with Gasteiger partial charge in [0.05, 0.1) is 7.05 Å². The van der Waals surface area contributed by atoms with Crippen LogP contribution in [0.15, 0.2) is 65.3 Å². The van der Waals surface area contributed by atoms with Crippen LogP contribution in [0.5, 0.6) is 0 Å². The Bertz CT molecular complexity index is 1170. The summed E-state index contributed by atoms with van der Waals surface area (Å²) in [5.41, 5.74) is 2.21. The number of rotatable bonds is 4. The summed E-state index contributed by atoms with van der Waals surface area (Å²) >= 11 is 3.39. The normalized spacial score (nSPS) is 10.9. The largest absolute Gasteiger partial charge is 0.426 e. The van der Waals surface area contributed by atoms with Crippen molar-refractivity contribution >= 4 is 21.7 Å². The van der Waals surface area contributed by atoms with E-state index in [2.05, 4.69) is 25.9 Å². The van der Waals surface area contributed by atoms with Gasteiger partial charge < -0.3 is 15.3 Å². The van der Waals surface area contributed by atoms with Crippen LogP contribution in [0.3, 0.4) is 0 Å². The highest BCUT2D eigenvalue weighted by Crippen LogP contribution is 2.35. The van der Waals surface area contributed by atoms with E-state index in [1.54, 1.807) is 0 Å². The van der Waals surface area contributed by atoms with Gasteiger partial charge in [-0.1, -0.05) is 58.4 Å². The summed E-state index contributed by atoms with van der Waals surface area (Å²) in [5, 5.41) is 22.2. The maximum atomic E-state index is 11.2. The van der Waals surface area contributed by atoms with Gasteiger partial charge in [-0.15, -0.1) is 0 Å². The molecule has 0 spiro atoms. The van der Waals surface area contributed by atoms with E-state index < -0.39 is 4.92 Å². The lowest BCUT2D eigenvalue weighted by Gasteiger charge is -2.04. The van der Waals surface area contributed by atoms with Gasteiger partial charge in [0.2, 0.25) is 0 Å². The van der Waals surface area contributed by atoms with E-state index in [0.717, 1.165) is 21.0 Å². The second-order valence-corrected chi connectivity index (χ2v) is 6.99. The molecule has 140 valence electrons. The molecule has 1 N–H and O–H groups in total. The molecular weight excluding hydrogens is 426 g/mol. The fraction of sp³-hybridized carbons (Fsp3) is 0.0526. The Hall–Kier alpha value is -3.46. The van der Waals surface area contributed by atoms with Crippen LogP contribution >= 0.6 is 15.9 Å². The number of nitro groups is 1. The minimum absolute atomic E-state index is 0.180. The number of hydrogen-bond donors (Lipinski definition) is 1. The van der Waals surface area contributed by atoms with Crippen molar-refractivity contribution in [2.75, 3.05) is 0 Å².